The molecule has 0 aromatic heterocycles. The van der Waals surface area contributed by atoms with E-state index in [-0.39, 0.29) is 23.7 Å². The van der Waals surface area contributed by atoms with Gasteiger partial charge in [-0.05, 0) is 24.8 Å². The maximum Gasteiger partial charge on any atom is 0.326 e. The van der Waals surface area contributed by atoms with Gasteiger partial charge in [0, 0.05) is 0 Å². The van der Waals surface area contributed by atoms with E-state index in [2.05, 4.69) is 16.0 Å². The van der Waals surface area contributed by atoms with E-state index >= 15 is 0 Å². The summed E-state index contributed by atoms with van der Waals surface area (Å²) in [4.78, 5) is 36.9. The molecule has 0 saturated carbocycles. The van der Waals surface area contributed by atoms with E-state index in [4.69, 9.17) is 0 Å². The van der Waals surface area contributed by atoms with Crippen LogP contribution in [0.1, 0.15) is 60.8 Å². The van der Waals surface area contributed by atoms with Crippen molar-refractivity contribution >= 4 is 17.8 Å². The first-order chi connectivity index (χ1) is 12.1. The highest BCUT2D eigenvalue weighted by molar-refractivity contribution is 5.92. The van der Waals surface area contributed by atoms with Gasteiger partial charge in [-0.25, -0.2) is 4.79 Å². The number of hydrogen-bond acceptors (Lipinski definition) is 4. The van der Waals surface area contributed by atoms with Crippen molar-refractivity contribution in [2.24, 2.45) is 17.8 Å². The largest absolute Gasteiger partial charge is 0.480 e. The lowest BCUT2D eigenvalue weighted by molar-refractivity contribution is -0.144. The predicted molar refractivity (Wildman–Crippen MR) is 103 cm³/mol. The van der Waals surface area contributed by atoms with E-state index in [1.54, 1.807) is 14.0 Å². The molecule has 6 atom stereocenters. The van der Waals surface area contributed by atoms with Gasteiger partial charge in [0.15, 0.2) is 0 Å². The van der Waals surface area contributed by atoms with Gasteiger partial charge in [0.2, 0.25) is 11.8 Å². The minimum Gasteiger partial charge on any atom is -0.480 e. The summed E-state index contributed by atoms with van der Waals surface area (Å²) in [6, 6.07) is -2.13. The molecule has 0 radical (unpaired) electrons. The summed E-state index contributed by atoms with van der Waals surface area (Å²) in [5.74, 6) is -1.94. The fraction of sp³-hybridized carbons (Fsp3) is 0.842. The molecule has 0 saturated heterocycles. The van der Waals surface area contributed by atoms with Crippen LogP contribution in [-0.2, 0) is 14.4 Å². The lowest BCUT2D eigenvalue weighted by Gasteiger charge is -2.29. The molecule has 0 heterocycles. The van der Waals surface area contributed by atoms with Gasteiger partial charge in [-0.1, -0.05) is 60.8 Å². The van der Waals surface area contributed by atoms with Gasteiger partial charge in [0.25, 0.3) is 0 Å². The van der Waals surface area contributed by atoms with Gasteiger partial charge < -0.3 is 21.1 Å². The first kappa shape index (κ1) is 24.4. The van der Waals surface area contributed by atoms with Gasteiger partial charge in [-0.3, -0.25) is 9.59 Å². The van der Waals surface area contributed by atoms with Crippen molar-refractivity contribution in [3.63, 3.8) is 0 Å². The highest BCUT2D eigenvalue weighted by Gasteiger charge is 2.33. The monoisotopic (exact) mass is 371 g/mol. The molecule has 7 heteroatoms. The fourth-order valence-corrected chi connectivity index (χ4v) is 2.78. The average molecular weight is 372 g/mol. The average Bonchev–Trinajstić information content (AvgIpc) is 2.62. The van der Waals surface area contributed by atoms with E-state index in [0.29, 0.717) is 12.8 Å². The molecule has 0 bridgehead atoms. The number of rotatable bonds is 12. The van der Waals surface area contributed by atoms with E-state index in [9.17, 15) is 19.5 Å². The van der Waals surface area contributed by atoms with Crippen LogP contribution in [0.15, 0.2) is 0 Å². The van der Waals surface area contributed by atoms with Crippen molar-refractivity contribution in [2.45, 2.75) is 78.9 Å². The Morgan fingerprint density at radius 1 is 0.731 bits per heavy atom. The topological polar surface area (TPSA) is 108 Å². The zero-order chi connectivity index (χ0) is 20.4. The number of carbonyl (C=O) groups excluding carboxylic acids is 2. The Morgan fingerprint density at radius 3 is 1.46 bits per heavy atom. The van der Waals surface area contributed by atoms with Gasteiger partial charge >= 0.3 is 5.97 Å². The van der Waals surface area contributed by atoms with Gasteiger partial charge in [0.1, 0.15) is 12.1 Å². The molecule has 0 aliphatic rings. The predicted octanol–water partition coefficient (Wildman–Crippen LogP) is 1.77. The van der Waals surface area contributed by atoms with Crippen LogP contribution in [0, 0.1) is 17.8 Å². The summed E-state index contributed by atoms with van der Waals surface area (Å²) < 4.78 is 0. The fourth-order valence-electron chi connectivity index (χ4n) is 2.78. The van der Waals surface area contributed by atoms with Crippen LogP contribution in [0.5, 0.6) is 0 Å². The number of aliphatic carboxylic acids is 1. The molecule has 0 rings (SSSR count). The summed E-state index contributed by atoms with van der Waals surface area (Å²) in [5.41, 5.74) is 0. The summed E-state index contributed by atoms with van der Waals surface area (Å²) in [6.07, 6.45) is 2.15. The van der Waals surface area contributed by atoms with Crippen molar-refractivity contribution in [3.05, 3.63) is 0 Å². The molecule has 0 fully saturated rings. The minimum atomic E-state index is -1.06. The molecule has 0 aliphatic heterocycles. The molecule has 7 nitrogen and oxygen atoms in total. The quantitative estimate of drug-likeness (QED) is 0.418. The highest BCUT2D eigenvalue weighted by Crippen LogP contribution is 2.14. The van der Waals surface area contributed by atoms with Crippen molar-refractivity contribution in [1.82, 2.24) is 16.0 Å². The van der Waals surface area contributed by atoms with Crippen LogP contribution in [-0.4, -0.2) is 48.1 Å². The number of carbonyl (C=O) groups is 3. The Labute approximate surface area is 157 Å². The molecular formula is C19H37N3O4. The van der Waals surface area contributed by atoms with E-state index in [1.807, 2.05) is 34.6 Å². The maximum atomic E-state index is 12.8. The summed E-state index contributed by atoms with van der Waals surface area (Å²) in [7, 11) is 1.72. The van der Waals surface area contributed by atoms with Crippen LogP contribution in [0.4, 0.5) is 0 Å². The minimum absolute atomic E-state index is 0.111. The second-order valence-corrected chi connectivity index (χ2v) is 7.23. The van der Waals surface area contributed by atoms with Crippen molar-refractivity contribution < 1.29 is 19.5 Å². The Bertz CT molecular complexity index is 470. The molecule has 26 heavy (non-hydrogen) atoms. The van der Waals surface area contributed by atoms with Gasteiger partial charge in [-0.2, -0.15) is 0 Å². The number of nitrogens with one attached hydrogen (secondary N) is 3. The van der Waals surface area contributed by atoms with Crippen LogP contribution < -0.4 is 16.0 Å². The number of hydrogen-bond donors (Lipinski definition) is 4. The Hall–Kier alpha value is -1.63. The molecule has 2 amide bonds. The molecular weight excluding hydrogens is 334 g/mol. The zero-order valence-corrected chi connectivity index (χ0v) is 17.3. The van der Waals surface area contributed by atoms with E-state index in [0.717, 1.165) is 6.42 Å². The second-order valence-electron chi connectivity index (χ2n) is 7.23. The van der Waals surface area contributed by atoms with Crippen molar-refractivity contribution in [3.8, 4) is 0 Å². The second kappa shape index (κ2) is 11.9. The number of carboxylic acid groups (broad SMARTS) is 1. The number of amides is 2. The summed E-state index contributed by atoms with van der Waals surface area (Å²) in [5, 5.41) is 17.8. The van der Waals surface area contributed by atoms with Crippen LogP contribution in [0.25, 0.3) is 0 Å². The third kappa shape index (κ3) is 6.94. The maximum absolute atomic E-state index is 12.8. The molecule has 0 aromatic rings. The Kier molecular flexibility index (Phi) is 11.1. The normalized spacial score (nSPS) is 18.1. The smallest absolute Gasteiger partial charge is 0.326 e. The zero-order valence-electron chi connectivity index (χ0n) is 17.3. The van der Waals surface area contributed by atoms with Crippen molar-refractivity contribution in [1.29, 1.82) is 0 Å². The van der Waals surface area contributed by atoms with Gasteiger partial charge in [-0.15, -0.1) is 0 Å². The first-order valence-electron chi connectivity index (χ1n) is 9.65. The molecule has 0 aliphatic carbocycles. The molecule has 6 unspecified atom stereocenters. The van der Waals surface area contributed by atoms with E-state index in [1.165, 1.54) is 0 Å². The lowest BCUT2D eigenvalue weighted by atomic mass is 9.94. The highest BCUT2D eigenvalue weighted by atomic mass is 16.4. The Balaban J connectivity index is 5.33. The third-order valence-corrected chi connectivity index (χ3v) is 5.38. The van der Waals surface area contributed by atoms with Crippen molar-refractivity contribution in [2.75, 3.05) is 7.05 Å². The third-order valence-electron chi connectivity index (χ3n) is 5.38. The van der Waals surface area contributed by atoms with Gasteiger partial charge in [0.05, 0.1) is 6.04 Å². The summed E-state index contributed by atoms with van der Waals surface area (Å²) in [6.45, 7) is 11.5. The lowest BCUT2D eigenvalue weighted by Crippen LogP contribution is -2.58. The molecule has 0 aromatic carbocycles. The number of carboxylic acids is 1. The van der Waals surface area contributed by atoms with Crippen LogP contribution >= 0.6 is 0 Å². The Morgan fingerprint density at radius 2 is 1.08 bits per heavy atom. The number of likely N-dealkylation sites (N-methyl/N-ethyl adjacent to an activating group) is 1. The molecule has 0 spiro atoms. The van der Waals surface area contributed by atoms with Crippen LogP contribution in [0.3, 0.4) is 0 Å². The molecule has 152 valence electrons. The summed E-state index contributed by atoms with van der Waals surface area (Å²) >= 11 is 0. The standard InChI is InChI=1S/C19H37N3O4/c1-8-11(4)14(20-7)17(23)21-15(12(5)9-2)18(24)22-16(19(25)26)13(6)10-3/h11-16,20H,8-10H2,1-7H3,(H,21,23)(H,22,24)(H,25,26). The van der Waals surface area contributed by atoms with E-state index < -0.39 is 30.0 Å². The SMILES string of the molecule is CCC(C)C(NC(=O)C(NC(=O)C(NC)C(C)CC)C(C)CC)C(=O)O. The molecule has 4 N–H and O–H groups in total. The van der Waals surface area contributed by atoms with Crippen LogP contribution in [0.2, 0.25) is 0 Å². The first-order valence-corrected chi connectivity index (χ1v) is 9.65.